The van der Waals surface area contributed by atoms with Crippen LogP contribution in [0.1, 0.15) is 25.0 Å². The summed E-state index contributed by atoms with van der Waals surface area (Å²) in [6.07, 6.45) is 0. The molecule has 0 atom stereocenters. The van der Waals surface area contributed by atoms with Gasteiger partial charge in [0, 0.05) is 5.41 Å². The van der Waals surface area contributed by atoms with E-state index in [2.05, 4.69) is 76.3 Å². The number of hydrogen-bond acceptors (Lipinski definition) is 0. The molecule has 20 heavy (non-hydrogen) atoms. The maximum atomic E-state index is 2.34. The van der Waals surface area contributed by atoms with Crippen molar-refractivity contribution in [1.29, 1.82) is 0 Å². The number of benzene rings is 3. The summed E-state index contributed by atoms with van der Waals surface area (Å²) in [5.74, 6) is 0. The van der Waals surface area contributed by atoms with Crippen molar-refractivity contribution in [3.05, 3.63) is 65.7 Å². The molecule has 0 aliphatic heterocycles. The molecule has 0 unspecified atom stereocenters. The van der Waals surface area contributed by atoms with Crippen LogP contribution in [0.15, 0.2) is 54.6 Å². The van der Waals surface area contributed by atoms with Crippen LogP contribution in [0.4, 0.5) is 0 Å². The van der Waals surface area contributed by atoms with Gasteiger partial charge in [-0.1, -0.05) is 73.9 Å². The lowest BCUT2D eigenvalue weighted by molar-refractivity contribution is 0.645. The van der Waals surface area contributed by atoms with Gasteiger partial charge in [-0.2, -0.15) is 0 Å². The first-order valence-corrected chi connectivity index (χ1v) is 7.23. The fraction of sp³-hybridized carbons (Fsp3) is 0.158. The topological polar surface area (TPSA) is 0 Å². The highest BCUT2D eigenvalue weighted by Gasteiger charge is 2.32. The molecule has 0 aromatic heterocycles. The Morgan fingerprint density at radius 3 is 2.35 bits per heavy atom. The highest BCUT2D eigenvalue weighted by atomic mass is 14.4. The normalized spacial score (nSPS) is 15.1. The molecule has 96 valence electrons. The molecule has 4 rings (SSSR count). The minimum absolute atomic E-state index is 0.0664. The Bertz CT molecular complexity index is 844. The molecule has 0 heterocycles. The van der Waals surface area contributed by atoms with Gasteiger partial charge in [0.05, 0.1) is 0 Å². The first kappa shape index (κ1) is 11.8. The van der Waals surface area contributed by atoms with E-state index in [1.165, 1.54) is 38.5 Å². The van der Waals surface area contributed by atoms with Gasteiger partial charge in [0.2, 0.25) is 0 Å². The molecule has 1 aliphatic carbocycles. The van der Waals surface area contributed by atoms with Crippen molar-refractivity contribution in [2.24, 2.45) is 0 Å². The van der Waals surface area contributed by atoms with Crippen molar-refractivity contribution >= 4 is 24.1 Å². The molecule has 0 bridgehead atoms. The Kier molecular flexibility index (Phi) is 2.21. The van der Waals surface area contributed by atoms with Gasteiger partial charge in [0.25, 0.3) is 0 Å². The fourth-order valence-corrected chi connectivity index (χ4v) is 3.71. The number of hydrogen-bond donors (Lipinski definition) is 0. The lowest BCUT2D eigenvalue weighted by Crippen LogP contribution is -2.24. The molecule has 0 spiro atoms. The standard InChI is InChI=1S/C19H17B/c1-19(2)15-8-4-3-6-12(15)13-10-11-17(20)14-7-5-9-16(19)18(13)14/h3-11H,20H2,1-2H3. The third-order valence-electron chi connectivity index (χ3n) is 4.82. The SMILES string of the molecule is Bc1ccc2c3c(cccc13)C(C)(C)c1ccccc1-2. The molecule has 1 heteroatoms. The molecule has 1 aliphatic rings. The summed E-state index contributed by atoms with van der Waals surface area (Å²) in [5, 5.41) is 2.83. The molecule has 0 amide bonds. The largest absolute Gasteiger partial charge is 0.140 e. The number of rotatable bonds is 0. The van der Waals surface area contributed by atoms with Crippen molar-refractivity contribution in [1.82, 2.24) is 0 Å². The number of fused-ring (bicyclic) bond motifs is 2. The van der Waals surface area contributed by atoms with E-state index in [-0.39, 0.29) is 5.41 Å². The van der Waals surface area contributed by atoms with Gasteiger partial charge < -0.3 is 0 Å². The molecule has 3 aromatic carbocycles. The van der Waals surface area contributed by atoms with Gasteiger partial charge >= 0.3 is 0 Å². The van der Waals surface area contributed by atoms with Gasteiger partial charge in [-0.3, -0.25) is 0 Å². The summed E-state index contributed by atoms with van der Waals surface area (Å²) in [6.45, 7) is 4.68. The van der Waals surface area contributed by atoms with Crippen molar-refractivity contribution in [3.8, 4) is 11.1 Å². The van der Waals surface area contributed by atoms with E-state index in [1.54, 1.807) is 0 Å². The smallest absolute Gasteiger partial charge is 0.0812 e. The summed E-state index contributed by atoms with van der Waals surface area (Å²) in [5.41, 5.74) is 7.09. The lowest BCUT2D eigenvalue weighted by atomic mass is 9.67. The van der Waals surface area contributed by atoms with Crippen LogP contribution in [0.3, 0.4) is 0 Å². The second-order valence-electron chi connectivity index (χ2n) is 6.33. The van der Waals surface area contributed by atoms with Gasteiger partial charge in [0.15, 0.2) is 0 Å². The van der Waals surface area contributed by atoms with E-state index in [9.17, 15) is 0 Å². The Balaban J connectivity index is 2.29. The molecule has 0 saturated carbocycles. The lowest BCUT2D eigenvalue weighted by Gasteiger charge is -2.35. The van der Waals surface area contributed by atoms with Crippen LogP contribution < -0.4 is 5.46 Å². The molecule has 0 radical (unpaired) electrons. The zero-order chi connectivity index (χ0) is 13.9. The maximum absolute atomic E-state index is 2.34. The van der Waals surface area contributed by atoms with Crippen LogP contribution in [0.5, 0.6) is 0 Å². The van der Waals surface area contributed by atoms with Gasteiger partial charge in [0.1, 0.15) is 7.85 Å². The van der Waals surface area contributed by atoms with Crippen LogP contribution in [-0.4, -0.2) is 7.85 Å². The van der Waals surface area contributed by atoms with Crippen molar-refractivity contribution in [3.63, 3.8) is 0 Å². The quantitative estimate of drug-likeness (QED) is 0.541. The van der Waals surface area contributed by atoms with Crippen LogP contribution in [0, 0.1) is 0 Å². The van der Waals surface area contributed by atoms with E-state index in [4.69, 9.17) is 0 Å². The molecule has 3 aromatic rings. The average Bonchev–Trinajstić information content (AvgIpc) is 2.46. The average molecular weight is 256 g/mol. The zero-order valence-electron chi connectivity index (χ0n) is 12.2. The predicted molar refractivity (Wildman–Crippen MR) is 89.7 cm³/mol. The Morgan fingerprint density at radius 2 is 1.50 bits per heavy atom. The molecule has 0 fully saturated rings. The maximum Gasteiger partial charge on any atom is 0.140 e. The first-order chi connectivity index (χ1) is 9.60. The van der Waals surface area contributed by atoms with E-state index >= 15 is 0 Å². The second kappa shape index (κ2) is 3.76. The molecular formula is C19H17B. The highest BCUT2D eigenvalue weighted by molar-refractivity contribution is 6.39. The third kappa shape index (κ3) is 1.33. The Morgan fingerprint density at radius 1 is 0.750 bits per heavy atom. The predicted octanol–water partition coefficient (Wildman–Crippen LogP) is 3.40. The summed E-state index contributed by atoms with van der Waals surface area (Å²) in [4.78, 5) is 0. The van der Waals surface area contributed by atoms with E-state index in [0.717, 1.165) is 0 Å². The van der Waals surface area contributed by atoms with Crippen LogP contribution >= 0.6 is 0 Å². The van der Waals surface area contributed by atoms with Crippen LogP contribution in [0.2, 0.25) is 0 Å². The Labute approximate surface area is 120 Å². The molecular weight excluding hydrogens is 239 g/mol. The van der Waals surface area contributed by atoms with Crippen molar-refractivity contribution in [2.75, 3.05) is 0 Å². The van der Waals surface area contributed by atoms with Gasteiger partial charge in [-0.05, 0) is 33.0 Å². The molecule has 0 N–H and O–H groups in total. The van der Waals surface area contributed by atoms with Gasteiger partial charge in [-0.25, -0.2) is 0 Å². The summed E-state index contributed by atoms with van der Waals surface area (Å²) in [6, 6.07) is 20.1. The second-order valence-corrected chi connectivity index (χ2v) is 6.33. The van der Waals surface area contributed by atoms with E-state index < -0.39 is 0 Å². The highest BCUT2D eigenvalue weighted by Crippen LogP contribution is 2.47. The summed E-state index contributed by atoms with van der Waals surface area (Å²) in [7, 11) is 2.20. The first-order valence-electron chi connectivity index (χ1n) is 7.23. The van der Waals surface area contributed by atoms with Crippen LogP contribution in [0.25, 0.3) is 21.9 Å². The van der Waals surface area contributed by atoms with Crippen LogP contribution in [-0.2, 0) is 5.41 Å². The zero-order valence-corrected chi connectivity index (χ0v) is 12.2. The monoisotopic (exact) mass is 256 g/mol. The van der Waals surface area contributed by atoms with Crippen molar-refractivity contribution < 1.29 is 0 Å². The van der Waals surface area contributed by atoms with Gasteiger partial charge in [-0.15, -0.1) is 0 Å². The third-order valence-corrected chi connectivity index (χ3v) is 4.82. The minimum atomic E-state index is 0.0664. The van der Waals surface area contributed by atoms with E-state index in [0.29, 0.717) is 0 Å². The van der Waals surface area contributed by atoms with Crippen molar-refractivity contribution in [2.45, 2.75) is 19.3 Å². The summed E-state index contributed by atoms with van der Waals surface area (Å²) >= 11 is 0. The fourth-order valence-electron chi connectivity index (χ4n) is 3.71. The summed E-state index contributed by atoms with van der Waals surface area (Å²) < 4.78 is 0. The molecule has 0 saturated heterocycles. The Hall–Kier alpha value is -2.02. The van der Waals surface area contributed by atoms with E-state index in [1.807, 2.05) is 0 Å². The molecule has 0 nitrogen and oxygen atoms in total. The minimum Gasteiger partial charge on any atom is -0.0812 e.